The van der Waals surface area contributed by atoms with Crippen LogP contribution in [0.25, 0.3) is 5.69 Å². The minimum absolute atomic E-state index is 0.0164. The number of halogens is 1. The standard InChI is InChI=1S/C20H19FN4O4/c1-12-10-16(29-11-18(26)28-3)8-9-17(12)23-20(27)19-22-13(2)25(24-19)15-6-4-14(21)5-7-15/h4-10H,11H2,1-3H3,(H,23,27). The van der Waals surface area contributed by atoms with Crippen LogP contribution in [0.2, 0.25) is 0 Å². The first-order valence-corrected chi connectivity index (χ1v) is 8.68. The average Bonchev–Trinajstić information content (AvgIpc) is 3.10. The predicted molar refractivity (Wildman–Crippen MR) is 103 cm³/mol. The van der Waals surface area contributed by atoms with Crippen LogP contribution < -0.4 is 10.1 Å². The van der Waals surface area contributed by atoms with E-state index in [2.05, 4.69) is 20.1 Å². The van der Waals surface area contributed by atoms with Gasteiger partial charge in [-0.25, -0.2) is 18.9 Å². The van der Waals surface area contributed by atoms with E-state index in [1.54, 1.807) is 44.2 Å². The Labute approximate surface area is 166 Å². The number of benzene rings is 2. The minimum Gasteiger partial charge on any atom is -0.482 e. The van der Waals surface area contributed by atoms with Crippen molar-refractivity contribution >= 4 is 17.6 Å². The van der Waals surface area contributed by atoms with Gasteiger partial charge in [0.15, 0.2) is 6.61 Å². The highest BCUT2D eigenvalue weighted by atomic mass is 19.1. The van der Waals surface area contributed by atoms with Gasteiger partial charge < -0.3 is 14.8 Å². The molecule has 0 aliphatic heterocycles. The number of anilines is 1. The third-order valence-corrected chi connectivity index (χ3v) is 4.07. The second-order valence-corrected chi connectivity index (χ2v) is 6.17. The van der Waals surface area contributed by atoms with Gasteiger partial charge in [0.1, 0.15) is 17.4 Å². The lowest BCUT2D eigenvalue weighted by Crippen LogP contribution is -2.15. The van der Waals surface area contributed by atoms with Crippen molar-refractivity contribution in [1.29, 1.82) is 0 Å². The van der Waals surface area contributed by atoms with E-state index in [4.69, 9.17) is 4.74 Å². The molecule has 0 spiro atoms. The highest BCUT2D eigenvalue weighted by Gasteiger charge is 2.16. The summed E-state index contributed by atoms with van der Waals surface area (Å²) < 4.78 is 24.4. The quantitative estimate of drug-likeness (QED) is 0.642. The first-order chi connectivity index (χ1) is 13.9. The number of aryl methyl sites for hydroxylation is 2. The molecule has 2 aromatic carbocycles. The second kappa shape index (κ2) is 8.51. The fourth-order valence-electron chi connectivity index (χ4n) is 2.56. The summed E-state index contributed by atoms with van der Waals surface area (Å²) in [5.74, 6) is -0.389. The number of amides is 1. The van der Waals surface area contributed by atoms with Gasteiger partial charge in [0.25, 0.3) is 5.91 Å². The lowest BCUT2D eigenvalue weighted by molar-refractivity contribution is -0.142. The average molecular weight is 398 g/mol. The molecular weight excluding hydrogens is 379 g/mol. The summed E-state index contributed by atoms with van der Waals surface area (Å²) in [6.45, 7) is 3.29. The molecule has 0 fully saturated rings. The zero-order chi connectivity index (χ0) is 21.0. The van der Waals surface area contributed by atoms with E-state index >= 15 is 0 Å². The molecule has 3 rings (SSSR count). The summed E-state index contributed by atoms with van der Waals surface area (Å²) in [4.78, 5) is 27.9. The molecule has 0 unspecified atom stereocenters. The Kier molecular flexibility index (Phi) is 5.87. The number of ether oxygens (including phenoxy) is 2. The molecule has 1 aromatic heterocycles. The molecule has 0 bridgehead atoms. The van der Waals surface area contributed by atoms with E-state index in [9.17, 15) is 14.0 Å². The van der Waals surface area contributed by atoms with Gasteiger partial charge in [-0.3, -0.25) is 4.79 Å². The van der Waals surface area contributed by atoms with E-state index in [0.29, 0.717) is 22.9 Å². The van der Waals surface area contributed by atoms with Crippen molar-refractivity contribution in [1.82, 2.24) is 14.8 Å². The van der Waals surface area contributed by atoms with Crippen LogP contribution in [0.15, 0.2) is 42.5 Å². The molecule has 0 radical (unpaired) electrons. The van der Waals surface area contributed by atoms with Gasteiger partial charge in [-0.05, 0) is 61.9 Å². The number of carbonyl (C=O) groups is 2. The number of hydrogen-bond acceptors (Lipinski definition) is 6. The van der Waals surface area contributed by atoms with Crippen LogP contribution in [0.1, 0.15) is 22.0 Å². The van der Waals surface area contributed by atoms with E-state index in [1.165, 1.54) is 23.9 Å². The molecular formula is C20H19FN4O4. The lowest BCUT2D eigenvalue weighted by Gasteiger charge is -2.10. The number of aromatic nitrogens is 3. The van der Waals surface area contributed by atoms with E-state index in [0.717, 1.165) is 5.56 Å². The fraction of sp³-hybridized carbons (Fsp3) is 0.200. The summed E-state index contributed by atoms with van der Waals surface area (Å²) in [6, 6.07) is 10.7. The number of carbonyl (C=O) groups excluding carboxylic acids is 2. The van der Waals surface area contributed by atoms with Crippen LogP contribution in [0.5, 0.6) is 5.75 Å². The molecule has 0 saturated heterocycles. The maximum atomic E-state index is 13.1. The fourth-order valence-corrected chi connectivity index (χ4v) is 2.56. The number of methoxy groups -OCH3 is 1. The van der Waals surface area contributed by atoms with Crippen molar-refractivity contribution in [3.8, 4) is 11.4 Å². The third-order valence-electron chi connectivity index (χ3n) is 4.07. The zero-order valence-electron chi connectivity index (χ0n) is 16.1. The van der Waals surface area contributed by atoms with Crippen LogP contribution in [0, 0.1) is 19.7 Å². The topological polar surface area (TPSA) is 95.3 Å². The smallest absolute Gasteiger partial charge is 0.343 e. The molecule has 150 valence electrons. The molecule has 9 heteroatoms. The number of nitrogens with one attached hydrogen (secondary N) is 1. The van der Waals surface area contributed by atoms with E-state index in [-0.39, 0.29) is 18.2 Å². The SMILES string of the molecule is COC(=O)COc1ccc(NC(=O)c2nc(C)n(-c3ccc(F)cc3)n2)c(C)c1. The van der Waals surface area contributed by atoms with Gasteiger partial charge in [-0.15, -0.1) is 5.10 Å². The first-order valence-electron chi connectivity index (χ1n) is 8.68. The maximum absolute atomic E-state index is 13.1. The van der Waals surface area contributed by atoms with Crippen molar-refractivity contribution in [2.24, 2.45) is 0 Å². The Bertz CT molecular complexity index is 1050. The van der Waals surface area contributed by atoms with E-state index < -0.39 is 11.9 Å². The molecule has 0 saturated carbocycles. The van der Waals surface area contributed by atoms with Crippen LogP contribution in [-0.2, 0) is 9.53 Å². The maximum Gasteiger partial charge on any atom is 0.343 e. The minimum atomic E-state index is -0.488. The normalized spacial score (nSPS) is 10.5. The Morgan fingerprint density at radius 2 is 1.86 bits per heavy atom. The van der Waals surface area contributed by atoms with Crippen LogP contribution >= 0.6 is 0 Å². The van der Waals surface area contributed by atoms with Crippen molar-refractivity contribution in [3.63, 3.8) is 0 Å². The lowest BCUT2D eigenvalue weighted by atomic mass is 10.2. The Hall–Kier alpha value is -3.75. The summed E-state index contributed by atoms with van der Waals surface area (Å²) in [5.41, 5.74) is 1.88. The summed E-state index contributed by atoms with van der Waals surface area (Å²) in [5, 5.41) is 6.95. The Morgan fingerprint density at radius 3 is 2.52 bits per heavy atom. The molecule has 1 N–H and O–H groups in total. The molecule has 3 aromatic rings. The molecule has 0 atom stereocenters. The number of esters is 1. The van der Waals surface area contributed by atoms with Gasteiger partial charge in [0, 0.05) is 5.69 Å². The van der Waals surface area contributed by atoms with Crippen molar-refractivity contribution in [3.05, 3.63) is 65.5 Å². The van der Waals surface area contributed by atoms with Crippen LogP contribution in [-0.4, -0.2) is 40.4 Å². The second-order valence-electron chi connectivity index (χ2n) is 6.17. The summed E-state index contributed by atoms with van der Waals surface area (Å²) >= 11 is 0. The van der Waals surface area contributed by atoms with Crippen molar-refractivity contribution < 1.29 is 23.5 Å². The predicted octanol–water partition coefficient (Wildman–Crippen LogP) is 2.83. The zero-order valence-corrected chi connectivity index (χ0v) is 16.1. The van der Waals surface area contributed by atoms with Gasteiger partial charge in [0.05, 0.1) is 12.8 Å². The first kappa shape index (κ1) is 20.0. The van der Waals surface area contributed by atoms with Crippen LogP contribution in [0.4, 0.5) is 10.1 Å². The molecule has 1 heterocycles. The van der Waals surface area contributed by atoms with Gasteiger partial charge >= 0.3 is 5.97 Å². The highest BCUT2D eigenvalue weighted by molar-refractivity contribution is 6.02. The van der Waals surface area contributed by atoms with Gasteiger partial charge in [-0.1, -0.05) is 0 Å². The molecule has 0 aliphatic rings. The largest absolute Gasteiger partial charge is 0.482 e. The van der Waals surface area contributed by atoms with Crippen molar-refractivity contribution in [2.75, 3.05) is 19.0 Å². The number of hydrogen-bond donors (Lipinski definition) is 1. The monoisotopic (exact) mass is 398 g/mol. The molecule has 29 heavy (non-hydrogen) atoms. The number of rotatable bonds is 6. The highest BCUT2D eigenvalue weighted by Crippen LogP contribution is 2.22. The van der Waals surface area contributed by atoms with E-state index in [1.807, 2.05) is 0 Å². The third kappa shape index (κ3) is 4.75. The van der Waals surface area contributed by atoms with Crippen LogP contribution in [0.3, 0.4) is 0 Å². The number of nitrogens with zero attached hydrogens (tertiary/aromatic N) is 3. The summed E-state index contributed by atoms with van der Waals surface area (Å²) in [7, 11) is 1.28. The molecule has 0 aliphatic carbocycles. The molecule has 8 nitrogen and oxygen atoms in total. The molecule has 1 amide bonds. The summed E-state index contributed by atoms with van der Waals surface area (Å²) in [6.07, 6.45) is 0. The Balaban J connectivity index is 1.72. The van der Waals surface area contributed by atoms with Gasteiger partial charge in [0.2, 0.25) is 5.82 Å². The van der Waals surface area contributed by atoms with Crippen molar-refractivity contribution in [2.45, 2.75) is 13.8 Å². The Morgan fingerprint density at radius 1 is 1.14 bits per heavy atom. The van der Waals surface area contributed by atoms with Gasteiger partial charge in [-0.2, -0.15) is 0 Å².